The summed E-state index contributed by atoms with van der Waals surface area (Å²) in [7, 11) is 0. The molecule has 0 aliphatic rings. The smallest absolute Gasteiger partial charge is 0.121 e. The molecule has 80 valence electrons. The molecule has 0 spiro atoms. The summed E-state index contributed by atoms with van der Waals surface area (Å²) in [6.45, 7) is 3.80. The molecule has 0 bridgehead atoms. The van der Waals surface area contributed by atoms with Crippen LogP contribution in [0.1, 0.15) is 30.7 Å². The molecule has 1 aromatic heterocycles. The van der Waals surface area contributed by atoms with Crippen molar-refractivity contribution in [1.82, 2.24) is 15.6 Å². The molecule has 0 aromatic carbocycles. The highest BCUT2D eigenvalue weighted by atomic mass is 16.6. The van der Waals surface area contributed by atoms with E-state index in [9.17, 15) is 0 Å². The predicted molar refractivity (Wildman–Crippen MR) is 51.7 cm³/mol. The van der Waals surface area contributed by atoms with E-state index in [0.717, 1.165) is 37.2 Å². The molecule has 0 amide bonds. The molecule has 14 heavy (non-hydrogen) atoms. The number of aryl methyl sites for hydroxylation is 1. The van der Waals surface area contributed by atoms with Crippen LogP contribution in [0.25, 0.3) is 0 Å². The zero-order chi connectivity index (χ0) is 10.2. The second-order valence-electron chi connectivity index (χ2n) is 3.26. The van der Waals surface area contributed by atoms with Crippen LogP contribution in [-0.4, -0.2) is 28.6 Å². The lowest BCUT2D eigenvalue weighted by Gasteiger charge is -2.01. The Bertz CT molecular complexity index is 250. The molecule has 0 radical (unpaired) electrons. The fourth-order valence-electron chi connectivity index (χ4n) is 1.16. The molecule has 0 atom stereocenters. The second-order valence-corrected chi connectivity index (χ2v) is 3.26. The van der Waals surface area contributed by atoms with E-state index in [-0.39, 0.29) is 6.61 Å². The first-order valence-electron chi connectivity index (χ1n) is 4.94. The number of hydrogen-bond acceptors (Lipinski definition) is 5. The van der Waals surface area contributed by atoms with Crippen molar-refractivity contribution in [3.8, 4) is 0 Å². The van der Waals surface area contributed by atoms with Crippen LogP contribution in [-0.2, 0) is 6.54 Å². The summed E-state index contributed by atoms with van der Waals surface area (Å²) in [5.74, 6) is 0. The molecule has 2 N–H and O–H groups in total. The minimum absolute atomic E-state index is 0.284. The van der Waals surface area contributed by atoms with Crippen LogP contribution in [0.3, 0.4) is 0 Å². The maximum absolute atomic E-state index is 8.56. The van der Waals surface area contributed by atoms with Gasteiger partial charge in [-0.1, -0.05) is 10.3 Å². The Morgan fingerprint density at radius 2 is 2.14 bits per heavy atom. The van der Waals surface area contributed by atoms with E-state index in [1.807, 2.05) is 6.92 Å². The van der Waals surface area contributed by atoms with E-state index in [1.54, 1.807) is 0 Å². The van der Waals surface area contributed by atoms with Crippen LogP contribution < -0.4 is 5.32 Å². The molecule has 0 unspecified atom stereocenters. The minimum atomic E-state index is 0.284. The maximum Gasteiger partial charge on any atom is 0.121 e. The summed E-state index contributed by atoms with van der Waals surface area (Å²) in [4.78, 5) is 0. The quantitative estimate of drug-likeness (QED) is 0.630. The highest BCUT2D eigenvalue weighted by Crippen LogP contribution is 1.99. The lowest BCUT2D eigenvalue weighted by atomic mass is 10.2. The van der Waals surface area contributed by atoms with Gasteiger partial charge < -0.3 is 10.4 Å². The topological polar surface area (TPSA) is 71.2 Å². The number of aromatic nitrogens is 2. The third kappa shape index (κ3) is 3.85. The molecule has 0 saturated heterocycles. The van der Waals surface area contributed by atoms with E-state index in [4.69, 9.17) is 5.11 Å². The van der Waals surface area contributed by atoms with Crippen LogP contribution in [0.15, 0.2) is 4.63 Å². The molecular formula is C9H17N3O2. The fraction of sp³-hybridized carbons (Fsp3) is 0.778. The largest absolute Gasteiger partial charge is 0.396 e. The summed E-state index contributed by atoms with van der Waals surface area (Å²) in [6, 6.07) is 0. The first-order valence-corrected chi connectivity index (χ1v) is 4.94. The van der Waals surface area contributed by atoms with Gasteiger partial charge in [0, 0.05) is 13.2 Å². The number of unbranched alkanes of at least 4 members (excludes halogenated alkanes) is 2. The zero-order valence-corrected chi connectivity index (χ0v) is 8.49. The summed E-state index contributed by atoms with van der Waals surface area (Å²) in [6.07, 6.45) is 3.01. The number of rotatable bonds is 7. The van der Waals surface area contributed by atoms with Crippen molar-refractivity contribution in [2.75, 3.05) is 13.2 Å². The molecule has 0 aliphatic carbocycles. The molecular weight excluding hydrogens is 182 g/mol. The van der Waals surface area contributed by atoms with Crippen LogP contribution in [0, 0.1) is 6.92 Å². The van der Waals surface area contributed by atoms with Gasteiger partial charge in [0.05, 0.1) is 0 Å². The molecule has 0 fully saturated rings. The highest BCUT2D eigenvalue weighted by molar-refractivity contribution is 5.03. The van der Waals surface area contributed by atoms with E-state index in [2.05, 4.69) is 20.3 Å². The van der Waals surface area contributed by atoms with E-state index < -0.39 is 0 Å². The zero-order valence-electron chi connectivity index (χ0n) is 8.49. The van der Waals surface area contributed by atoms with Crippen LogP contribution >= 0.6 is 0 Å². The van der Waals surface area contributed by atoms with Gasteiger partial charge in [0.25, 0.3) is 0 Å². The fourth-order valence-corrected chi connectivity index (χ4v) is 1.16. The average Bonchev–Trinajstić information content (AvgIpc) is 2.58. The molecule has 1 aromatic rings. The SMILES string of the molecule is Cc1nonc1CNCCCCCO. The number of hydrogen-bond donors (Lipinski definition) is 2. The Labute approximate surface area is 83.5 Å². The highest BCUT2D eigenvalue weighted by Gasteiger charge is 2.02. The molecule has 1 rings (SSSR count). The number of nitrogens with zero attached hydrogens (tertiary/aromatic N) is 2. The van der Waals surface area contributed by atoms with Crippen LogP contribution in [0.2, 0.25) is 0 Å². The Balaban J connectivity index is 2.02. The van der Waals surface area contributed by atoms with Gasteiger partial charge in [0.1, 0.15) is 11.4 Å². The lowest BCUT2D eigenvalue weighted by molar-refractivity contribution is 0.282. The van der Waals surface area contributed by atoms with E-state index in [1.165, 1.54) is 0 Å². The Kier molecular flexibility index (Phi) is 5.17. The molecule has 0 aliphatic heterocycles. The second kappa shape index (κ2) is 6.50. The molecule has 1 heterocycles. The van der Waals surface area contributed by atoms with Crippen molar-refractivity contribution >= 4 is 0 Å². The van der Waals surface area contributed by atoms with Crippen molar-refractivity contribution in [3.63, 3.8) is 0 Å². The van der Waals surface area contributed by atoms with Gasteiger partial charge in [-0.3, -0.25) is 0 Å². The third-order valence-corrected chi connectivity index (χ3v) is 2.05. The molecule has 5 nitrogen and oxygen atoms in total. The van der Waals surface area contributed by atoms with Gasteiger partial charge in [-0.05, 0) is 32.7 Å². The third-order valence-electron chi connectivity index (χ3n) is 2.05. The van der Waals surface area contributed by atoms with Crippen molar-refractivity contribution in [2.45, 2.75) is 32.7 Å². The van der Waals surface area contributed by atoms with Gasteiger partial charge in [-0.25, -0.2) is 4.63 Å². The van der Waals surface area contributed by atoms with Crippen molar-refractivity contribution in [2.24, 2.45) is 0 Å². The van der Waals surface area contributed by atoms with Crippen molar-refractivity contribution in [3.05, 3.63) is 11.4 Å². The van der Waals surface area contributed by atoms with Gasteiger partial charge in [-0.15, -0.1) is 0 Å². The average molecular weight is 199 g/mol. The van der Waals surface area contributed by atoms with Gasteiger partial charge in [0.15, 0.2) is 0 Å². The summed E-state index contributed by atoms with van der Waals surface area (Å²) in [5, 5.41) is 19.2. The number of aliphatic hydroxyl groups excluding tert-OH is 1. The van der Waals surface area contributed by atoms with Crippen molar-refractivity contribution < 1.29 is 9.74 Å². The summed E-state index contributed by atoms with van der Waals surface area (Å²) >= 11 is 0. The van der Waals surface area contributed by atoms with E-state index in [0.29, 0.717) is 6.54 Å². The number of nitrogens with one attached hydrogen (secondary N) is 1. The first kappa shape index (κ1) is 11.1. The van der Waals surface area contributed by atoms with E-state index >= 15 is 0 Å². The standard InChI is InChI=1S/C9H17N3O2/c1-8-9(12-14-11-8)7-10-5-3-2-4-6-13/h10,13H,2-7H2,1H3. The summed E-state index contributed by atoms with van der Waals surface area (Å²) < 4.78 is 4.57. The maximum atomic E-state index is 8.56. The molecule has 0 saturated carbocycles. The Hall–Kier alpha value is -0.940. The summed E-state index contributed by atoms with van der Waals surface area (Å²) in [5.41, 5.74) is 1.71. The lowest BCUT2D eigenvalue weighted by Crippen LogP contribution is -2.15. The first-order chi connectivity index (χ1) is 6.84. The number of aliphatic hydroxyl groups is 1. The van der Waals surface area contributed by atoms with Crippen LogP contribution in [0.4, 0.5) is 0 Å². The predicted octanol–water partition coefficient (Wildman–Crippen LogP) is 0.630. The van der Waals surface area contributed by atoms with Crippen LogP contribution in [0.5, 0.6) is 0 Å². The van der Waals surface area contributed by atoms with Gasteiger partial charge >= 0.3 is 0 Å². The Morgan fingerprint density at radius 3 is 2.79 bits per heavy atom. The van der Waals surface area contributed by atoms with Gasteiger partial charge in [-0.2, -0.15) is 0 Å². The van der Waals surface area contributed by atoms with Crippen molar-refractivity contribution in [1.29, 1.82) is 0 Å². The minimum Gasteiger partial charge on any atom is -0.396 e. The monoisotopic (exact) mass is 199 g/mol. The normalized spacial score (nSPS) is 10.7. The Morgan fingerprint density at radius 1 is 1.29 bits per heavy atom. The van der Waals surface area contributed by atoms with Gasteiger partial charge in [0.2, 0.25) is 0 Å². The molecule has 5 heteroatoms.